The minimum Gasteiger partial charge on any atom is -0.372 e. The zero-order valence-electron chi connectivity index (χ0n) is 9.23. The van der Waals surface area contributed by atoms with E-state index in [4.69, 9.17) is 4.74 Å². The van der Waals surface area contributed by atoms with Gasteiger partial charge in [-0.2, -0.15) is 0 Å². The number of rotatable bonds is 4. The highest BCUT2D eigenvalue weighted by Gasteiger charge is 2.15. The Balaban J connectivity index is 2.56. The van der Waals surface area contributed by atoms with Crippen molar-refractivity contribution in [1.82, 2.24) is 10.3 Å². The molecule has 0 saturated heterocycles. The van der Waals surface area contributed by atoms with Crippen molar-refractivity contribution in [3.05, 3.63) is 30.1 Å². The molecule has 0 aliphatic carbocycles. The molecule has 15 heavy (non-hydrogen) atoms. The summed E-state index contributed by atoms with van der Waals surface area (Å²) in [5.41, 5.74) is 0.842. The van der Waals surface area contributed by atoms with Gasteiger partial charge in [0.15, 0.2) is 0 Å². The van der Waals surface area contributed by atoms with E-state index < -0.39 is 6.10 Å². The SMILES string of the molecule is COC(C)C(=O)NC(C)c1ccccn1. The molecule has 2 unspecified atom stereocenters. The molecule has 0 saturated carbocycles. The van der Waals surface area contributed by atoms with E-state index in [2.05, 4.69) is 10.3 Å². The minimum atomic E-state index is -0.434. The molecular formula is C11H16N2O2. The van der Waals surface area contributed by atoms with Crippen LogP contribution < -0.4 is 5.32 Å². The highest BCUT2D eigenvalue weighted by atomic mass is 16.5. The Morgan fingerprint density at radius 3 is 2.73 bits per heavy atom. The van der Waals surface area contributed by atoms with Crippen molar-refractivity contribution in [2.24, 2.45) is 0 Å². The van der Waals surface area contributed by atoms with Crippen LogP contribution in [0.25, 0.3) is 0 Å². The lowest BCUT2D eigenvalue weighted by Crippen LogP contribution is -2.35. The first-order valence-corrected chi connectivity index (χ1v) is 4.89. The van der Waals surface area contributed by atoms with Crippen LogP contribution in [-0.4, -0.2) is 24.1 Å². The fourth-order valence-electron chi connectivity index (χ4n) is 1.14. The highest BCUT2D eigenvalue weighted by Crippen LogP contribution is 2.08. The lowest BCUT2D eigenvalue weighted by Gasteiger charge is -2.16. The molecule has 82 valence electrons. The number of carbonyl (C=O) groups excluding carboxylic acids is 1. The molecule has 1 N–H and O–H groups in total. The molecule has 0 aliphatic heterocycles. The zero-order chi connectivity index (χ0) is 11.3. The van der Waals surface area contributed by atoms with E-state index in [9.17, 15) is 4.79 Å². The quantitative estimate of drug-likeness (QED) is 0.811. The van der Waals surface area contributed by atoms with Crippen molar-refractivity contribution in [1.29, 1.82) is 0 Å². The van der Waals surface area contributed by atoms with Gasteiger partial charge >= 0.3 is 0 Å². The van der Waals surface area contributed by atoms with E-state index >= 15 is 0 Å². The highest BCUT2D eigenvalue weighted by molar-refractivity contribution is 5.80. The zero-order valence-corrected chi connectivity index (χ0v) is 9.23. The third kappa shape index (κ3) is 3.32. The van der Waals surface area contributed by atoms with E-state index in [1.54, 1.807) is 13.1 Å². The van der Waals surface area contributed by atoms with Gasteiger partial charge in [-0.05, 0) is 26.0 Å². The normalized spacial score (nSPS) is 14.3. The second-order valence-corrected chi connectivity index (χ2v) is 3.36. The first-order valence-electron chi connectivity index (χ1n) is 4.89. The Hall–Kier alpha value is -1.42. The number of hydrogen-bond donors (Lipinski definition) is 1. The molecule has 1 rings (SSSR count). The monoisotopic (exact) mass is 208 g/mol. The van der Waals surface area contributed by atoms with Crippen LogP contribution in [0.4, 0.5) is 0 Å². The lowest BCUT2D eigenvalue weighted by molar-refractivity contribution is -0.130. The molecule has 1 heterocycles. The number of ether oxygens (including phenoxy) is 1. The molecule has 1 aromatic rings. The summed E-state index contributed by atoms with van der Waals surface area (Å²) in [5.74, 6) is -0.129. The average Bonchev–Trinajstić information content (AvgIpc) is 2.29. The molecule has 4 nitrogen and oxygen atoms in total. The molecule has 1 aromatic heterocycles. The Bertz CT molecular complexity index is 314. The Kier molecular flexibility index (Phi) is 4.24. The van der Waals surface area contributed by atoms with Gasteiger partial charge in [0.25, 0.3) is 0 Å². The molecule has 1 amide bonds. The van der Waals surface area contributed by atoms with Crippen molar-refractivity contribution in [3.8, 4) is 0 Å². The van der Waals surface area contributed by atoms with Crippen LogP contribution in [0, 0.1) is 0 Å². The number of nitrogens with one attached hydrogen (secondary N) is 1. The Morgan fingerprint density at radius 1 is 1.47 bits per heavy atom. The number of pyridine rings is 1. The first kappa shape index (κ1) is 11.7. The number of amides is 1. The molecule has 0 aromatic carbocycles. The Labute approximate surface area is 89.7 Å². The fourth-order valence-corrected chi connectivity index (χ4v) is 1.14. The largest absolute Gasteiger partial charge is 0.372 e. The van der Waals surface area contributed by atoms with Crippen molar-refractivity contribution < 1.29 is 9.53 Å². The number of nitrogens with zero attached hydrogens (tertiary/aromatic N) is 1. The summed E-state index contributed by atoms with van der Waals surface area (Å²) in [7, 11) is 1.51. The van der Waals surface area contributed by atoms with Crippen LogP contribution in [0.2, 0.25) is 0 Å². The van der Waals surface area contributed by atoms with Gasteiger partial charge in [0.2, 0.25) is 5.91 Å². The third-order valence-electron chi connectivity index (χ3n) is 2.21. The average molecular weight is 208 g/mol. The van der Waals surface area contributed by atoms with Crippen molar-refractivity contribution in [2.75, 3.05) is 7.11 Å². The lowest BCUT2D eigenvalue weighted by atomic mass is 10.2. The number of hydrogen-bond acceptors (Lipinski definition) is 3. The molecule has 0 fully saturated rings. The van der Waals surface area contributed by atoms with Crippen LogP contribution in [-0.2, 0) is 9.53 Å². The maximum Gasteiger partial charge on any atom is 0.249 e. The van der Waals surface area contributed by atoms with Gasteiger partial charge in [0.1, 0.15) is 6.10 Å². The summed E-state index contributed by atoms with van der Waals surface area (Å²) in [6.07, 6.45) is 1.27. The van der Waals surface area contributed by atoms with E-state index in [0.717, 1.165) is 5.69 Å². The molecule has 4 heteroatoms. The summed E-state index contributed by atoms with van der Waals surface area (Å²) in [5, 5.41) is 2.82. The maximum atomic E-state index is 11.5. The maximum absolute atomic E-state index is 11.5. The molecule has 0 aliphatic rings. The topological polar surface area (TPSA) is 51.2 Å². The second kappa shape index (κ2) is 5.46. The predicted octanol–water partition coefficient (Wildman–Crippen LogP) is 1.29. The van der Waals surface area contributed by atoms with E-state index in [1.807, 2.05) is 25.1 Å². The van der Waals surface area contributed by atoms with E-state index in [1.165, 1.54) is 7.11 Å². The van der Waals surface area contributed by atoms with Crippen LogP contribution in [0.5, 0.6) is 0 Å². The standard InChI is InChI=1S/C11H16N2O2/c1-8(10-6-4-5-7-12-10)13-11(14)9(2)15-3/h4-9H,1-3H3,(H,13,14). The molecular weight excluding hydrogens is 192 g/mol. The molecule has 2 atom stereocenters. The van der Waals surface area contributed by atoms with Gasteiger partial charge in [0.05, 0.1) is 11.7 Å². The van der Waals surface area contributed by atoms with Crippen LogP contribution in [0.3, 0.4) is 0 Å². The van der Waals surface area contributed by atoms with Crippen LogP contribution in [0.1, 0.15) is 25.6 Å². The van der Waals surface area contributed by atoms with Gasteiger partial charge in [-0.15, -0.1) is 0 Å². The predicted molar refractivity (Wildman–Crippen MR) is 57.3 cm³/mol. The number of methoxy groups -OCH3 is 1. The number of carbonyl (C=O) groups is 1. The van der Waals surface area contributed by atoms with Gasteiger partial charge in [-0.25, -0.2) is 0 Å². The van der Waals surface area contributed by atoms with Gasteiger partial charge in [0, 0.05) is 13.3 Å². The van der Waals surface area contributed by atoms with E-state index in [-0.39, 0.29) is 11.9 Å². The summed E-state index contributed by atoms with van der Waals surface area (Å²) >= 11 is 0. The summed E-state index contributed by atoms with van der Waals surface area (Å²) in [6.45, 7) is 3.60. The second-order valence-electron chi connectivity index (χ2n) is 3.36. The summed E-state index contributed by atoms with van der Waals surface area (Å²) in [6, 6.07) is 5.51. The molecule has 0 bridgehead atoms. The van der Waals surface area contributed by atoms with Crippen LogP contribution in [0.15, 0.2) is 24.4 Å². The smallest absolute Gasteiger partial charge is 0.249 e. The van der Waals surface area contributed by atoms with Crippen LogP contribution >= 0.6 is 0 Å². The first-order chi connectivity index (χ1) is 7.15. The Morgan fingerprint density at radius 2 is 2.20 bits per heavy atom. The molecule has 0 radical (unpaired) electrons. The fraction of sp³-hybridized carbons (Fsp3) is 0.455. The van der Waals surface area contributed by atoms with E-state index in [0.29, 0.717) is 0 Å². The summed E-state index contributed by atoms with van der Waals surface area (Å²) in [4.78, 5) is 15.7. The number of aromatic nitrogens is 1. The van der Waals surface area contributed by atoms with Gasteiger partial charge in [-0.3, -0.25) is 9.78 Å². The summed E-state index contributed by atoms with van der Waals surface area (Å²) < 4.78 is 4.92. The van der Waals surface area contributed by atoms with Crippen molar-refractivity contribution >= 4 is 5.91 Å². The van der Waals surface area contributed by atoms with Crippen molar-refractivity contribution in [2.45, 2.75) is 26.0 Å². The van der Waals surface area contributed by atoms with Gasteiger partial charge in [-0.1, -0.05) is 6.07 Å². The van der Waals surface area contributed by atoms with Gasteiger partial charge < -0.3 is 10.1 Å². The van der Waals surface area contributed by atoms with Crippen molar-refractivity contribution in [3.63, 3.8) is 0 Å². The third-order valence-corrected chi connectivity index (χ3v) is 2.21. The minimum absolute atomic E-state index is 0.101. The molecule has 0 spiro atoms.